The van der Waals surface area contributed by atoms with Crippen LogP contribution in [0.15, 0.2) is 83.8 Å². The van der Waals surface area contributed by atoms with Crippen LogP contribution in [-0.4, -0.2) is 18.4 Å². The van der Waals surface area contributed by atoms with Gasteiger partial charge in [-0.15, -0.1) is 0 Å². The van der Waals surface area contributed by atoms with Crippen molar-refractivity contribution < 1.29 is 8.42 Å². The van der Waals surface area contributed by atoms with Gasteiger partial charge in [-0.2, -0.15) is 0 Å². The number of rotatable bonds is 5. The Morgan fingerprint density at radius 2 is 1.29 bits per heavy atom. The predicted molar refractivity (Wildman–Crippen MR) is 112 cm³/mol. The maximum Gasteiger partial charge on any atom is 0.263 e. The molecule has 4 rings (SSSR count). The van der Waals surface area contributed by atoms with Gasteiger partial charge < -0.3 is 5.32 Å². The summed E-state index contributed by atoms with van der Waals surface area (Å²) in [4.78, 5) is 9.14. The number of para-hydroxylation sites is 2. The van der Waals surface area contributed by atoms with E-state index in [9.17, 15) is 8.42 Å². The summed E-state index contributed by atoms with van der Waals surface area (Å²) in [5.74, 6) is 0.401. The van der Waals surface area contributed by atoms with Gasteiger partial charge in [0.15, 0.2) is 11.6 Å². The molecule has 0 unspecified atom stereocenters. The highest BCUT2D eigenvalue weighted by Gasteiger charge is 2.18. The second-order valence-corrected chi connectivity index (χ2v) is 8.08. The third kappa shape index (κ3) is 3.90. The summed E-state index contributed by atoms with van der Waals surface area (Å²) in [7, 11) is -3.82. The van der Waals surface area contributed by atoms with Gasteiger partial charge in [0, 0.05) is 10.7 Å². The Hall–Kier alpha value is -3.16. The van der Waals surface area contributed by atoms with Crippen LogP contribution in [0.2, 0.25) is 5.02 Å². The number of anilines is 3. The smallest absolute Gasteiger partial charge is 0.263 e. The molecule has 3 aromatic carbocycles. The SMILES string of the molecule is O=S(=O)(Nc1nc2ccccc2nc1Nc1ccc(Cl)cc1)c1ccccc1. The Bertz CT molecular complexity index is 1230. The van der Waals surface area contributed by atoms with Gasteiger partial charge in [-0.05, 0) is 48.5 Å². The fourth-order valence-corrected chi connectivity index (χ4v) is 3.77. The van der Waals surface area contributed by atoms with Crippen molar-refractivity contribution in [2.45, 2.75) is 4.90 Å². The second-order valence-electron chi connectivity index (χ2n) is 5.96. The Labute approximate surface area is 167 Å². The quantitative estimate of drug-likeness (QED) is 0.492. The minimum Gasteiger partial charge on any atom is -0.337 e. The first-order chi connectivity index (χ1) is 13.5. The average Bonchev–Trinajstić information content (AvgIpc) is 2.70. The van der Waals surface area contributed by atoms with E-state index in [2.05, 4.69) is 20.0 Å². The van der Waals surface area contributed by atoms with Gasteiger partial charge in [-0.25, -0.2) is 18.4 Å². The molecule has 8 heteroatoms. The predicted octanol–water partition coefficient (Wildman–Crippen LogP) is 4.83. The van der Waals surface area contributed by atoms with E-state index >= 15 is 0 Å². The molecule has 0 bridgehead atoms. The topological polar surface area (TPSA) is 84.0 Å². The molecule has 1 aromatic heterocycles. The van der Waals surface area contributed by atoms with Crippen LogP contribution < -0.4 is 10.0 Å². The third-order valence-electron chi connectivity index (χ3n) is 3.96. The first kappa shape index (κ1) is 18.2. The van der Waals surface area contributed by atoms with E-state index in [1.54, 1.807) is 48.5 Å². The molecule has 0 radical (unpaired) electrons. The normalized spacial score (nSPS) is 11.3. The van der Waals surface area contributed by atoms with Crippen LogP contribution in [0.25, 0.3) is 11.0 Å². The van der Waals surface area contributed by atoms with Gasteiger partial charge in [-0.3, -0.25) is 4.72 Å². The van der Waals surface area contributed by atoms with E-state index in [-0.39, 0.29) is 10.7 Å². The average molecular weight is 411 g/mol. The van der Waals surface area contributed by atoms with Crippen LogP contribution in [0, 0.1) is 0 Å². The van der Waals surface area contributed by atoms with Crippen LogP contribution in [0.1, 0.15) is 0 Å². The number of aromatic nitrogens is 2. The first-order valence-electron chi connectivity index (χ1n) is 8.38. The van der Waals surface area contributed by atoms with Crippen LogP contribution in [0.4, 0.5) is 17.3 Å². The lowest BCUT2D eigenvalue weighted by atomic mass is 10.3. The van der Waals surface area contributed by atoms with E-state index in [0.29, 0.717) is 27.6 Å². The summed E-state index contributed by atoms with van der Waals surface area (Å²) in [5.41, 5.74) is 1.92. The Kier molecular flexibility index (Phi) is 4.85. The molecule has 0 saturated carbocycles. The first-order valence-corrected chi connectivity index (χ1v) is 10.2. The van der Waals surface area contributed by atoms with Gasteiger partial charge in [-0.1, -0.05) is 41.9 Å². The molecule has 0 spiro atoms. The highest BCUT2D eigenvalue weighted by atomic mass is 35.5. The number of hydrogen-bond donors (Lipinski definition) is 2. The van der Waals surface area contributed by atoms with Crippen LogP contribution >= 0.6 is 11.6 Å². The molecule has 6 nitrogen and oxygen atoms in total. The molecule has 140 valence electrons. The van der Waals surface area contributed by atoms with Crippen LogP contribution in [0.5, 0.6) is 0 Å². The summed E-state index contributed by atoms with van der Waals surface area (Å²) in [6.07, 6.45) is 0. The van der Waals surface area contributed by atoms with E-state index in [1.165, 1.54) is 12.1 Å². The lowest BCUT2D eigenvalue weighted by Crippen LogP contribution is -2.15. The summed E-state index contributed by atoms with van der Waals surface area (Å²) in [6, 6.07) is 22.4. The third-order valence-corrected chi connectivity index (χ3v) is 5.57. The second kappa shape index (κ2) is 7.46. The highest BCUT2D eigenvalue weighted by molar-refractivity contribution is 7.92. The molecule has 0 aliphatic carbocycles. The van der Waals surface area contributed by atoms with Gasteiger partial charge in [0.05, 0.1) is 15.9 Å². The van der Waals surface area contributed by atoms with Gasteiger partial charge >= 0.3 is 0 Å². The minimum absolute atomic E-state index is 0.109. The van der Waals surface area contributed by atoms with Crippen molar-refractivity contribution in [1.29, 1.82) is 0 Å². The van der Waals surface area contributed by atoms with Crippen molar-refractivity contribution in [3.63, 3.8) is 0 Å². The molecule has 0 aliphatic heterocycles. The number of fused-ring (bicyclic) bond motifs is 1. The van der Waals surface area contributed by atoms with Crippen molar-refractivity contribution in [2.24, 2.45) is 0 Å². The maximum absolute atomic E-state index is 12.8. The zero-order valence-corrected chi connectivity index (χ0v) is 16.1. The van der Waals surface area contributed by atoms with Crippen molar-refractivity contribution in [2.75, 3.05) is 10.0 Å². The van der Waals surface area contributed by atoms with E-state index in [0.717, 1.165) is 0 Å². The Balaban J connectivity index is 1.78. The van der Waals surface area contributed by atoms with Crippen molar-refractivity contribution in [1.82, 2.24) is 9.97 Å². The molecular weight excluding hydrogens is 396 g/mol. The van der Waals surface area contributed by atoms with Gasteiger partial charge in [0.2, 0.25) is 0 Å². The summed E-state index contributed by atoms with van der Waals surface area (Å²) < 4.78 is 28.1. The van der Waals surface area contributed by atoms with E-state index in [4.69, 9.17) is 11.6 Å². The van der Waals surface area contributed by atoms with Gasteiger partial charge in [0.25, 0.3) is 10.0 Å². The molecule has 2 N–H and O–H groups in total. The molecule has 1 heterocycles. The summed E-state index contributed by atoms with van der Waals surface area (Å²) in [5, 5.41) is 3.70. The molecule has 0 atom stereocenters. The van der Waals surface area contributed by atoms with Crippen molar-refractivity contribution in [3.8, 4) is 0 Å². The number of sulfonamides is 1. The number of benzene rings is 3. The lowest BCUT2D eigenvalue weighted by Gasteiger charge is -2.14. The molecule has 0 amide bonds. The molecule has 0 saturated heterocycles. The zero-order chi connectivity index (χ0) is 19.6. The van der Waals surface area contributed by atoms with Crippen LogP contribution in [0.3, 0.4) is 0 Å². The van der Waals surface area contributed by atoms with Crippen LogP contribution in [-0.2, 0) is 10.0 Å². The fourth-order valence-electron chi connectivity index (χ4n) is 2.61. The largest absolute Gasteiger partial charge is 0.337 e. The molecule has 0 fully saturated rings. The van der Waals surface area contributed by atoms with Crippen molar-refractivity contribution in [3.05, 3.63) is 83.9 Å². The molecule has 28 heavy (non-hydrogen) atoms. The number of halogens is 1. The van der Waals surface area contributed by atoms with E-state index in [1.807, 2.05) is 18.2 Å². The molecular formula is C20H15ClN4O2S. The number of nitrogens with one attached hydrogen (secondary N) is 2. The standard InChI is InChI=1S/C20H15ClN4O2S/c21-14-10-12-15(13-11-14)22-19-20(24-18-9-5-4-8-17(18)23-19)25-28(26,27)16-6-2-1-3-7-16/h1-13H,(H,22,23)(H,24,25). The summed E-state index contributed by atoms with van der Waals surface area (Å²) >= 11 is 5.93. The van der Waals surface area contributed by atoms with Crippen molar-refractivity contribution >= 4 is 50.0 Å². The monoisotopic (exact) mass is 410 g/mol. The number of nitrogens with zero attached hydrogens (tertiary/aromatic N) is 2. The molecule has 0 aliphatic rings. The fraction of sp³-hybridized carbons (Fsp3) is 0. The lowest BCUT2D eigenvalue weighted by molar-refractivity contribution is 0.601. The Morgan fingerprint density at radius 3 is 1.93 bits per heavy atom. The maximum atomic E-state index is 12.8. The Morgan fingerprint density at radius 1 is 0.714 bits per heavy atom. The zero-order valence-electron chi connectivity index (χ0n) is 14.5. The summed E-state index contributed by atoms with van der Waals surface area (Å²) in [6.45, 7) is 0. The van der Waals surface area contributed by atoms with E-state index < -0.39 is 10.0 Å². The highest BCUT2D eigenvalue weighted by Crippen LogP contribution is 2.27. The van der Waals surface area contributed by atoms with Gasteiger partial charge in [0.1, 0.15) is 0 Å². The minimum atomic E-state index is -3.82. The number of hydrogen-bond acceptors (Lipinski definition) is 5. The molecule has 4 aromatic rings.